The predicted octanol–water partition coefficient (Wildman–Crippen LogP) is 4.16. The van der Waals surface area contributed by atoms with Crippen molar-refractivity contribution >= 4 is 5.65 Å². The Hall–Kier alpha value is -2.75. The van der Waals surface area contributed by atoms with Gasteiger partial charge in [-0.25, -0.2) is 0 Å². The summed E-state index contributed by atoms with van der Waals surface area (Å²) in [5, 5.41) is 16.9. The zero-order valence-corrected chi connectivity index (χ0v) is 14.1. The number of aliphatic hydroxyl groups is 1. The quantitative estimate of drug-likeness (QED) is 0.683. The van der Waals surface area contributed by atoms with Crippen molar-refractivity contribution < 1.29 is 31.8 Å². The third kappa shape index (κ3) is 3.70. The molecule has 1 aromatic carbocycles. The minimum Gasteiger partial charge on any atom is -0.406 e. The van der Waals surface area contributed by atoms with Crippen LogP contribution >= 0.6 is 0 Å². The summed E-state index contributed by atoms with van der Waals surface area (Å²) in [7, 11) is 0. The van der Waals surface area contributed by atoms with E-state index in [0.717, 1.165) is 30.4 Å². The van der Waals surface area contributed by atoms with E-state index in [0.29, 0.717) is 11.1 Å². The molecule has 0 radical (unpaired) electrons. The number of hydrogen-bond acceptors (Lipinski definition) is 4. The van der Waals surface area contributed by atoms with Crippen LogP contribution in [0.3, 0.4) is 0 Å². The van der Waals surface area contributed by atoms with E-state index >= 15 is 0 Å². The van der Waals surface area contributed by atoms with E-state index in [4.69, 9.17) is 0 Å². The van der Waals surface area contributed by atoms with Gasteiger partial charge >= 0.3 is 12.3 Å². The highest BCUT2D eigenvalue weighted by Crippen LogP contribution is 2.38. The molecule has 0 aliphatic rings. The minimum absolute atomic E-state index is 0.134. The van der Waals surface area contributed by atoms with Gasteiger partial charge in [-0.2, -0.15) is 8.78 Å². The molecular formula is C17H14F5N3O2. The average Bonchev–Trinajstić information content (AvgIpc) is 2.96. The molecule has 10 heteroatoms. The summed E-state index contributed by atoms with van der Waals surface area (Å²) in [5.41, 5.74) is -1.33. The van der Waals surface area contributed by atoms with Crippen LogP contribution in [0.25, 0.3) is 16.8 Å². The van der Waals surface area contributed by atoms with Crippen molar-refractivity contribution in [3.05, 3.63) is 48.4 Å². The Balaban J connectivity index is 2.01. The highest BCUT2D eigenvalue weighted by molar-refractivity contribution is 5.65. The molecule has 0 atom stereocenters. The van der Waals surface area contributed by atoms with Crippen molar-refractivity contribution in [3.8, 4) is 16.9 Å². The van der Waals surface area contributed by atoms with Crippen molar-refractivity contribution in [1.29, 1.82) is 0 Å². The highest BCUT2D eigenvalue weighted by atomic mass is 19.4. The number of benzene rings is 1. The summed E-state index contributed by atoms with van der Waals surface area (Å²) in [6.07, 6.45) is -3.48. The molecular weight excluding hydrogens is 373 g/mol. The number of halogens is 5. The van der Waals surface area contributed by atoms with Gasteiger partial charge in [-0.15, -0.1) is 23.4 Å². The van der Waals surface area contributed by atoms with Crippen LogP contribution in [0.1, 0.15) is 19.7 Å². The molecule has 0 fully saturated rings. The normalized spacial score (nSPS) is 13.2. The van der Waals surface area contributed by atoms with Gasteiger partial charge in [-0.05, 0) is 49.2 Å². The van der Waals surface area contributed by atoms with Gasteiger partial charge in [0.25, 0.3) is 0 Å². The standard InChI is InChI=1S/C17H14F5N3O2/c1-15(2,26)16(18,19)14-24-23-13-8-5-11(9-25(13)14)10-3-6-12(7-4-10)27-17(20,21)22/h3-9,26H,1-2H3. The topological polar surface area (TPSA) is 59.7 Å². The van der Waals surface area contributed by atoms with E-state index in [1.54, 1.807) is 6.07 Å². The maximum absolute atomic E-state index is 14.5. The van der Waals surface area contributed by atoms with Crippen LogP contribution in [-0.2, 0) is 5.92 Å². The van der Waals surface area contributed by atoms with E-state index in [1.807, 2.05) is 0 Å². The lowest BCUT2D eigenvalue weighted by atomic mass is 10.00. The molecule has 0 spiro atoms. The molecule has 0 unspecified atom stereocenters. The fourth-order valence-electron chi connectivity index (χ4n) is 2.40. The van der Waals surface area contributed by atoms with Crippen molar-refractivity contribution in [2.75, 3.05) is 0 Å². The third-order valence-electron chi connectivity index (χ3n) is 3.87. The fourth-order valence-corrected chi connectivity index (χ4v) is 2.40. The van der Waals surface area contributed by atoms with Gasteiger partial charge in [0.15, 0.2) is 5.65 Å². The lowest BCUT2D eigenvalue weighted by molar-refractivity contribution is -0.274. The number of alkyl halides is 5. The summed E-state index contributed by atoms with van der Waals surface area (Å²) in [4.78, 5) is 0. The second-order valence-corrected chi connectivity index (χ2v) is 6.38. The second kappa shape index (κ2) is 6.15. The molecule has 0 aliphatic carbocycles. The molecule has 0 amide bonds. The van der Waals surface area contributed by atoms with Crippen molar-refractivity contribution in [2.24, 2.45) is 0 Å². The molecule has 144 valence electrons. The first-order chi connectivity index (χ1) is 12.4. The number of pyridine rings is 1. The van der Waals surface area contributed by atoms with Gasteiger partial charge in [0.2, 0.25) is 5.82 Å². The molecule has 1 N–H and O–H groups in total. The van der Waals surface area contributed by atoms with Crippen LogP contribution in [0.5, 0.6) is 5.75 Å². The number of aromatic nitrogens is 3. The van der Waals surface area contributed by atoms with Gasteiger partial charge in [0.05, 0.1) is 0 Å². The van der Waals surface area contributed by atoms with E-state index in [2.05, 4.69) is 14.9 Å². The monoisotopic (exact) mass is 387 g/mol. The summed E-state index contributed by atoms with van der Waals surface area (Å²) >= 11 is 0. The first-order valence-corrected chi connectivity index (χ1v) is 7.70. The predicted molar refractivity (Wildman–Crippen MR) is 85.3 cm³/mol. The Morgan fingerprint density at radius 3 is 2.04 bits per heavy atom. The van der Waals surface area contributed by atoms with E-state index < -0.39 is 29.5 Å². The number of nitrogens with zero attached hydrogens (tertiary/aromatic N) is 3. The molecule has 3 aromatic rings. The Bertz CT molecular complexity index is 959. The van der Waals surface area contributed by atoms with Crippen molar-refractivity contribution in [2.45, 2.75) is 31.7 Å². The molecule has 2 heterocycles. The van der Waals surface area contributed by atoms with Crippen LogP contribution in [0.4, 0.5) is 22.0 Å². The molecule has 0 bridgehead atoms. The van der Waals surface area contributed by atoms with Crippen molar-refractivity contribution in [1.82, 2.24) is 14.6 Å². The van der Waals surface area contributed by atoms with E-state index in [9.17, 15) is 27.1 Å². The van der Waals surface area contributed by atoms with Crippen LogP contribution in [0.15, 0.2) is 42.6 Å². The average molecular weight is 387 g/mol. The Kier molecular flexibility index (Phi) is 4.34. The molecule has 0 aliphatic heterocycles. The Morgan fingerprint density at radius 2 is 1.48 bits per heavy atom. The highest BCUT2D eigenvalue weighted by Gasteiger charge is 2.50. The smallest absolute Gasteiger partial charge is 0.406 e. The van der Waals surface area contributed by atoms with E-state index in [1.165, 1.54) is 24.4 Å². The van der Waals surface area contributed by atoms with Crippen LogP contribution < -0.4 is 4.74 Å². The molecule has 3 rings (SSSR count). The summed E-state index contributed by atoms with van der Waals surface area (Å²) in [6.45, 7) is 1.91. The fraction of sp³-hybridized carbons (Fsp3) is 0.294. The second-order valence-electron chi connectivity index (χ2n) is 6.38. The van der Waals surface area contributed by atoms with Crippen molar-refractivity contribution in [3.63, 3.8) is 0 Å². The first-order valence-electron chi connectivity index (χ1n) is 7.70. The molecule has 2 aromatic heterocycles. The largest absolute Gasteiger partial charge is 0.573 e. The molecule has 0 saturated carbocycles. The van der Waals surface area contributed by atoms with Gasteiger partial charge in [0.1, 0.15) is 11.4 Å². The van der Waals surface area contributed by atoms with E-state index in [-0.39, 0.29) is 5.65 Å². The summed E-state index contributed by atoms with van der Waals surface area (Å²) in [6, 6.07) is 7.96. The molecule has 5 nitrogen and oxygen atoms in total. The van der Waals surface area contributed by atoms with Crippen LogP contribution in [-0.4, -0.2) is 31.7 Å². The maximum atomic E-state index is 14.5. The lowest BCUT2D eigenvalue weighted by Crippen LogP contribution is -2.41. The number of rotatable bonds is 4. The van der Waals surface area contributed by atoms with Crippen LogP contribution in [0.2, 0.25) is 0 Å². The lowest BCUT2D eigenvalue weighted by Gasteiger charge is -2.27. The van der Waals surface area contributed by atoms with Gasteiger partial charge < -0.3 is 9.84 Å². The SMILES string of the molecule is CC(C)(O)C(F)(F)c1nnc2ccc(-c3ccc(OC(F)(F)F)cc3)cn12. The minimum atomic E-state index is -4.81. The molecule has 27 heavy (non-hydrogen) atoms. The Morgan fingerprint density at radius 1 is 0.889 bits per heavy atom. The number of fused-ring (bicyclic) bond motifs is 1. The van der Waals surface area contributed by atoms with Crippen LogP contribution in [0, 0.1) is 0 Å². The summed E-state index contributed by atoms with van der Waals surface area (Å²) in [5.74, 6) is -4.83. The third-order valence-corrected chi connectivity index (χ3v) is 3.87. The molecule has 0 saturated heterocycles. The maximum Gasteiger partial charge on any atom is 0.573 e. The van der Waals surface area contributed by atoms with Gasteiger partial charge in [0, 0.05) is 6.20 Å². The number of ether oxygens (including phenoxy) is 1. The number of hydrogen-bond donors (Lipinski definition) is 1. The van der Waals surface area contributed by atoms with Gasteiger partial charge in [-0.1, -0.05) is 12.1 Å². The summed E-state index contributed by atoms with van der Waals surface area (Å²) < 4.78 is 70.5. The zero-order chi connectivity index (χ0) is 20.0. The first kappa shape index (κ1) is 19.0. The van der Waals surface area contributed by atoms with Gasteiger partial charge in [-0.3, -0.25) is 4.40 Å². The zero-order valence-electron chi connectivity index (χ0n) is 14.1. The Labute approximate surface area is 150 Å².